The molecule has 0 saturated carbocycles. The number of hydrogen-bond acceptors (Lipinski definition) is 4. The van der Waals surface area contributed by atoms with E-state index in [4.69, 9.17) is 15.2 Å². The molecule has 0 fully saturated rings. The zero-order valence-electron chi connectivity index (χ0n) is 12.4. The van der Waals surface area contributed by atoms with Gasteiger partial charge in [-0.1, -0.05) is 12.1 Å². The first-order valence-electron chi connectivity index (χ1n) is 6.65. The van der Waals surface area contributed by atoms with Crippen LogP contribution in [0.1, 0.15) is 25.8 Å². The number of amides is 1. The summed E-state index contributed by atoms with van der Waals surface area (Å²) >= 11 is 0. The molecule has 1 rings (SSSR count). The summed E-state index contributed by atoms with van der Waals surface area (Å²) in [5, 5.41) is 2.84. The van der Waals surface area contributed by atoms with Crippen LogP contribution in [0, 0.1) is 0 Å². The molecule has 20 heavy (non-hydrogen) atoms. The number of carbonyl (C=O) groups excluding carboxylic acids is 1. The van der Waals surface area contributed by atoms with Gasteiger partial charge in [-0.2, -0.15) is 0 Å². The van der Waals surface area contributed by atoms with Crippen LogP contribution in [0.5, 0.6) is 0 Å². The molecule has 0 saturated heterocycles. The van der Waals surface area contributed by atoms with Gasteiger partial charge in [0.2, 0.25) is 5.91 Å². The molecule has 0 aliphatic rings. The Morgan fingerprint density at radius 3 is 2.75 bits per heavy atom. The van der Waals surface area contributed by atoms with Crippen LogP contribution in [-0.2, 0) is 20.9 Å². The minimum absolute atomic E-state index is 0.0880. The number of methoxy groups -OCH3 is 1. The normalized spacial score (nSPS) is 11.4. The van der Waals surface area contributed by atoms with Crippen LogP contribution in [0.3, 0.4) is 0 Å². The molecular weight excluding hydrogens is 256 g/mol. The highest BCUT2D eigenvalue weighted by atomic mass is 16.5. The molecule has 1 amide bonds. The van der Waals surface area contributed by atoms with E-state index in [9.17, 15) is 4.79 Å². The first kappa shape index (κ1) is 16.6. The number of ether oxygens (including phenoxy) is 2. The Kier molecular flexibility index (Phi) is 6.64. The Balaban J connectivity index is 2.49. The fourth-order valence-electron chi connectivity index (χ4n) is 1.69. The van der Waals surface area contributed by atoms with Crippen molar-refractivity contribution in [3.63, 3.8) is 0 Å². The number of benzene rings is 1. The predicted octanol–water partition coefficient (Wildman–Crippen LogP) is 1.92. The van der Waals surface area contributed by atoms with Gasteiger partial charge in [0.1, 0.15) is 0 Å². The van der Waals surface area contributed by atoms with Gasteiger partial charge in [0.05, 0.1) is 19.8 Å². The fraction of sp³-hybridized carbons (Fsp3) is 0.533. The Hall–Kier alpha value is -1.43. The smallest absolute Gasteiger partial charge is 0.226 e. The van der Waals surface area contributed by atoms with Crippen molar-refractivity contribution in [2.75, 3.05) is 25.6 Å². The molecule has 0 aliphatic heterocycles. The van der Waals surface area contributed by atoms with Gasteiger partial charge in [-0.05, 0) is 31.5 Å². The number of anilines is 1. The molecule has 5 nitrogen and oxygen atoms in total. The molecule has 0 bridgehead atoms. The van der Waals surface area contributed by atoms with Gasteiger partial charge in [-0.25, -0.2) is 0 Å². The van der Waals surface area contributed by atoms with Gasteiger partial charge in [-0.15, -0.1) is 0 Å². The minimum atomic E-state index is -0.509. The second-order valence-corrected chi connectivity index (χ2v) is 5.46. The van der Waals surface area contributed by atoms with Crippen molar-refractivity contribution in [1.82, 2.24) is 0 Å². The number of hydrogen-bond donors (Lipinski definition) is 2. The Morgan fingerprint density at radius 1 is 1.35 bits per heavy atom. The minimum Gasteiger partial charge on any atom is -0.382 e. The van der Waals surface area contributed by atoms with E-state index in [2.05, 4.69) is 5.32 Å². The molecule has 1 aromatic rings. The molecule has 112 valence electrons. The fourth-order valence-corrected chi connectivity index (χ4v) is 1.69. The lowest BCUT2D eigenvalue weighted by molar-refractivity contribution is -0.117. The van der Waals surface area contributed by atoms with Crippen molar-refractivity contribution in [2.24, 2.45) is 5.73 Å². The second kappa shape index (κ2) is 7.99. The average molecular weight is 280 g/mol. The number of nitrogens with one attached hydrogen (secondary N) is 1. The lowest BCUT2D eigenvalue weighted by Crippen LogP contribution is -2.36. The summed E-state index contributed by atoms with van der Waals surface area (Å²) in [7, 11) is 1.64. The maximum absolute atomic E-state index is 11.8. The van der Waals surface area contributed by atoms with Crippen molar-refractivity contribution in [1.29, 1.82) is 0 Å². The maximum atomic E-state index is 11.8. The molecular formula is C15H24N2O3. The van der Waals surface area contributed by atoms with Crippen LogP contribution in [-0.4, -0.2) is 31.8 Å². The van der Waals surface area contributed by atoms with Gasteiger partial charge in [0.25, 0.3) is 0 Å². The van der Waals surface area contributed by atoms with Crippen LogP contribution >= 0.6 is 0 Å². The highest BCUT2D eigenvalue weighted by molar-refractivity contribution is 5.91. The van der Waals surface area contributed by atoms with Crippen LogP contribution in [0.25, 0.3) is 0 Å². The zero-order chi connectivity index (χ0) is 15.0. The van der Waals surface area contributed by atoms with Crippen molar-refractivity contribution in [2.45, 2.75) is 32.4 Å². The van der Waals surface area contributed by atoms with Gasteiger partial charge in [-0.3, -0.25) is 4.79 Å². The van der Waals surface area contributed by atoms with Crippen LogP contribution in [0.15, 0.2) is 24.3 Å². The third-order valence-electron chi connectivity index (χ3n) is 2.53. The third kappa shape index (κ3) is 7.23. The summed E-state index contributed by atoms with van der Waals surface area (Å²) in [5.74, 6) is -0.0880. The van der Waals surface area contributed by atoms with E-state index in [1.54, 1.807) is 7.11 Å². The monoisotopic (exact) mass is 280 g/mol. The molecule has 3 N–H and O–H groups in total. The van der Waals surface area contributed by atoms with Crippen LogP contribution < -0.4 is 11.1 Å². The van der Waals surface area contributed by atoms with E-state index in [-0.39, 0.29) is 12.3 Å². The van der Waals surface area contributed by atoms with Gasteiger partial charge in [0, 0.05) is 24.8 Å². The summed E-state index contributed by atoms with van der Waals surface area (Å²) < 4.78 is 10.4. The van der Waals surface area contributed by atoms with Gasteiger partial charge >= 0.3 is 0 Å². The Bertz CT molecular complexity index is 427. The van der Waals surface area contributed by atoms with Crippen molar-refractivity contribution < 1.29 is 14.3 Å². The van der Waals surface area contributed by atoms with E-state index in [0.717, 1.165) is 11.3 Å². The topological polar surface area (TPSA) is 73.6 Å². The summed E-state index contributed by atoms with van der Waals surface area (Å²) in [6.45, 7) is 5.27. The standard InChI is InChI=1S/C15H24N2O3/c1-15(2,16)10-14(18)17-13-6-4-5-12(9-13)11-20-8-7-19-3/h4-6,9H,7-8,10-11,16H2,1-3H3,(H,17,18). The third-order valence-corrected chi connectivity index (χ3v) is 2.53. The van der Waals surface area contributed by atoms with E-state index in [1.807, 2.05) is 38.1 Å². The highest BCUT2D eigenvalue weighted by Crippen LogP contribution is 2.13. The van der Waals surface area contributed by atoms with E-state index in [1.165, 1.54) is 0 Å². The summed E-state index contributed by atoms with van der Waals surface area (Å²) in [6.07, 6.45) is 0.279. The van der Waals surface area contributed by atoms with Crippen molar-refractivity contribution in [3.8, 4) is 0 Å². The molecule has 0 aliphatic carbocycles. The summed E-state index contributed by atoms with van der Waals surface area (Å²) in [4.78, 5) is 11.8. The summed E-state index contributed by atoms with van der Waals surface area (Å²) in [5.41, 5.74) is 7.07. The molecule has 0 atom stereocenters. The SMILES string of the molecule is COCCOCc1cccc(NC(=O)CC(C)(C)N)c1. The first-order valence-corrected chi connectivity index (χ1v) is 6.65. The first-order chi connectivity index (χ1) is 9.40. The largest absolute Gasteiger partial charge is 0.382 e. The van der Waals surface area contributed by atoms with Crippen LogP contribution in [0.4, 0.5) is 5.69 Å². The molecule has 5 heteroatoms. The second-order valence-electron chi connectivity index (χ2n) is 5.46. The quantitative estimate of drug-likeness (QED) is 0.713. The Morgan fingerprint density at radius 2 is 2.10 bits per heavy atom. The Labute approximate surface area is 120 Å². The molecule has 0 spiro atoms. The number of carbonyl (C=O) groups is 1. The lowest BCUT2D eigenvalue weighted by atomic mass is 10.0. The average Bonchev–Trinajstić information content (AvgIpc) is 2.32. The molecule has 0 radical (unpaired) electrons. The predicted molar refractivity (Wildman–Crippen MR) is 79.5 cm³/mol. The lowest BCUT2D eigenvalue weighted by Gasteiger charge is -2.17. The van der Waals surface area contributed by atoms with E-state index < -0.39 is 5.54 Å². The maximum Gasteiger partial charge on any atom is 0.226 e. The van der Waals surface area contributed by atoms with E-state index in [0.29, 0.717) is 19.8 Å². The summed E-state index contributed by atoms with van der Waals surface area (Å²) in [6, 6.07) is 7.59. The van der Waals surface area contributed by atoms with Crippen molar-refractivity contribution >= 4 is 11.6 Å². The molecule has 0 heterocycles. The molecule has 0 unspecified atom stereocenters. The van der Waals surface area contributed by atoms with E-state index >= 15 is 0 Å². The molecule has 1 aromatic carbocycles. The van der Waals surface area contributed by atoms with Crippen molar-refractivity contribution in [3.05, 3.63) is 29.8 Å². The van der Waals surface area contributed by atoms with Gasteiger partial charge in [0.15, 0.2) is 0 Å². The highest BCUT2D eigenvalue weighted by Gasteiger charge is 2.16. The molecule has 0 aromatic heterocycles. The van der Waals surface area contributed by atoms with Crippen LogP contribution in [0.2, 0.25) is 0 Å². The number of nitrogens with two attached hydrogens (primary N) is 1. The zero-order valence-corrected chi connectivity index (χ0v) is 12.4. The number of rotatable bonds is 8. The van der Waals surface area contributed by atoms with Gasteiger partial charge < -0.3 is 20.5 Å².